The van der Waals surface area contributed by atoms with Crippen LogP contribution in [0.4, 0.5) is 11.4 Å². The topological polar surface area (TPSA) is 56.1 Å². The summed E-state index contributed by atoms with van der Waals surface area (Å²) in [6, 6.07) is 39.6. The third-order valence-corrected chi connectivity index (χ3v) is 8.14. The Morgan fingerprint density at radius 2 is 1.47 bits per heavy atom. The molecule has 3 heterocycles. The molecule has 47 heavy (non-hydrogen) atoms. The summed E-state index contributed by atoms with van der Waals surface area (Å²) < 4.78 is 8.34. The molecule has 0 radical (unpaired) electrons. The Balaban J connectivity index is 0.00000386. The van der Waals surface area contributed by atoms with Crippen LogP contribution in [0.15, 0.2) is 103 Å². The second-order valence-corrected chi connectivity index (χ2v) is 13.7. The van der Waals surface area contributed by atoms with E-state index in [1.807, 2.05) is 78.2 Å². The zero-order chi connectivity index (χ0) is 32.1. The minimum atomic E-state index is -0.101. The average Bonchev–Trinajstić information content (AvgIpc) is 3.49. The summed E-state index contributed by atoms with van der Waals surface area (Å²) in [4.78, 5) is 11.7. The van der Waals surface area contributed by atoms with Crippen molar-refractivity contribution in [3.63, 3.8) is 0 Å². The molecule has 0 aliphatic carbocycles. The summed E-state index contributed by atoms with van der Waals surface area (Å²) in [5.74, 6) is 2.68. The quantitative estimate of drug-likeness (QED) is 0.163. The third-order valence-electron chi connectivity index (χ3n) is 8.14. The minimum absolute atomic E-state index is 0. The van der Waals surface area contributed by atoms with Gasteiger partial charge in [0.2, 0.25) is 0 Å². The molecule has 0 unspecified atom stereocenters. The molecule has 7 heteroatoms. The number of nitrogens with zero attached hydrogens (tertiary/aromatic N) is 5. The number of benzene rings is 4. The smallest absolute Gasteiger partial charge is 0.160 e. The standard InChI is InChI=1S/C40H36N5O.Pt/c1-39(2,3)29-19-20-41-35(24-29)28-21-30(40(4,5)6)23-33(22-28)46-32-16-12-15-31(25-32)44-26-45-38(34-17-10-11-18-36(34)44)42-37(43-45)27-13-8-7-9-14-27;/h7-21,23-24,26H,1-6H3;/q-3;. The van der Waals surface area contributed by atoms with Crippen LogP contribution in [0.2, 0.25) is 0 Å². The Morgan fingerprint density at radius 1 is 0.723 bits per heavy atom. The molecule has 0 bridgehead atoms. The van der Waals surface area contributed by atoms with Crippen molar-refractivity contribution in [2.45, 2.75) is 52.4 Å². The molecule has 2 aromatic heterocycles. The van der Waals surface area contributed by atoms with Crippen LogP contribution in [0, 0.1) is 18.8 Å². The van der Waals surface area contributed by atoms with Crippen LogP contribution in [0.5, 0.6) is 11.5 Å². The molecule has 1 aliphatic heterocycles. The number of ether oxygens (including phenoxy) is 1. The maximum Gasteiger partial charge on any atom is 0.160 e. The van der Waals surface area contributed by atoms with Gasteiger partial charge in [-0.05, 0) is 39.8 Å². The molecule has 0 fully saturated rings. The molecule has 6 nitrogen and oxygen atoms in total. The van der Waals surface area contributed by atoms with E-state index in [0.29, 0.717) is 17.3 Å². The first-order valence-corrected chi connectivity index (χ1v) is 15.5. The van der Waals surface area contributed by atoms with E-state index < -0.39 is 0 Å². The van der Waals surface area contributed by atoms with E-state index in [9.17, 15) is 0 Å². The molecular formula is C40H36N5OPt-3. The van der Waals surface area contributed by atoms with Crippen molar-refractivity contribution in [2.75, 3.05) is 4.90 Å². The summed E-state index contributed by atoms with van der Waals surface area (Å²) >= 11 is 0. The maximum absolute atomic E-state index is 6.51. The molecule has 4 aromatic carbocycles. The molecule has 240 valence electrons. The van der Waals surface area contributed by atoms with Crippen LogP contribution in [-0.2, 0) is 31.9 Å². The van der Waals surface area contributed by atoms with Crippen LogP contribution in [0.3, 0.4) is 0 Å². The van der Waals surface area contributed by atoms with Gasteiger partial charge < -0.3 is 24.3 Å². The average molecular weight is 798 g/mol. The Morgan fingerprint density at radius 3 is 2.23 bits per heavy atom. The van der Waals surface area contributed by atoms with Gasteiger partial charge in [0.05, 0.1) is 0 Å². The summed E-state index contributed by atoms with van der Waals surface area (Å²) in [6.45, 7) is 15.2. The first-order valence-electron chi connectivity index (χ1n) is 15.5. The second kappa shape index (κ2) is 12.5. The van der Waals surface area contributed by atoms with Gasteiger partial charge in [-0.25, -0.2) is 0 Å². The molecule has 6 aromatic rings. The van der Waals surface area contributed by atoms with E-state index >= 15 is 0 Å². The van der Waals surface area contributed by atoms with Crippen LogP contribution in [0.1, 0.15) is 52.7 Å². The number of fused-ring (bicyclic) bond motifs is 3. The zero-order valence-electron chi connectivity index (χ0n) is 27.4. The van der Waals surface area contributed by atoms with Gasteiger partial charge in [-0.2, -0.15) is 11.2 Å². The number of aromatic nitrogens is 4. The largest absolute Gasteiger partial charge is 0.503 e. The number of pyridine rings is 1. The van der Waals surface area contributed by atoms with Crippen molar-refractivity contribution in [1.29, 1.82) is 0 Å². The summed E-state index contributed by atoms with van der Waals surface area (Å²) in [5, 5.41) is 4.83. The second-order valence-electron chi connectivity index (χ2n) is 13.7. The summed E-state index contributed by atoms with van der Waals surface area (Å²) in [5.41, 5.74) is 7.81. The van der Waals surface area contributed by atoms with Crippen molar-refractivity contribution in [3.05, 3.63) is 133 Å². The number of hydrogen-bond donors (Lipinski definition) is 0. The van der Waals surface area contributed by atoms with Crippen molar-refractivity contribution in [3.8, 4) is 45.5 Å². The van der Waals surface area contributed by atoms with Gasteiger partial charge in [-0.15, -0.1) is 35.4 Å². The van der Waals surface area contributed by atoms with Crippen LogP contribution in [0.25, 0.3) is 34.0 Å². The van der Waals surface area contributed by atoms with Crippen molar-refractivity contribution in [1.82, 2.24) is 19.7 Å². The minimum Gasteiger partial charge on any atom is -0.503 e. The number of anilines is 2. The summed E-state index contributed by atoms with van der Waals surface area (Å²) in [6.07, 6.45) is 1.88. The Hall–Kier alpha value is -4.67. The predicted octanol–water partition coefficient (Wildman–Crippen LogP) is 9.78. The van der Waals surface area contributed by atoms with Crippen molar-refractivity contribution >= 4 is 11.4 Å². The zero-order valence-corrected chi connectivity index (χ0v) is 29.6. The SMILES string of the molecule is CC(C)(C)c1cc(Oc2[c-]c(N3[CH-]n4nc(-c5ccccc5)nc4-c4ccccc43)ccc2)[c-]c(-c2cc(C(C)(C)C)ccn2)c1.[Pt]. The first kappa shape index (κ1) is 32.3. The van der Waals surface area contributed by atoms with Crippen molar-refractivity contribution < 1.29 is 25.8 Å². The van der Waals surface area contributed by atoms with Crippen LogP contribution < -0.4 is 9.64 Å². The molecule has 0 saturated carbocycles. The Kier molecular flexibility index (Phi) is 8.58. The van der Waals surface area contributed by atoms with E-state index in [4.69, 9.17) is 19.8 Å². The molecule has 0 atom stereocenters. The van der Waals surface area contributed by atoms with Gasteiger partial charge in [0.25, 0.3) is 0 Å². The van der Waals surface area contributed by atoms with Gasteiger partial charge in [0.1, 0.15) is 0 Å². The van der Waals surface area contributed by atoms with Gasteiger partial charge in [0.15, 0.2) is 5.82 Å². The van der Waals surface area contributed by atoms with E-state index in [1.165, 1.54) is 5.56 Å². The fourth-order valence-electron chi connectivity index (χ4n) is 5.50. The molecule has 7 rings (SSSR count). The Bertz CT molecular complexity index is 2040. The first-order chi connectivity index (χ1) is 22.0. The number of para-hydroxylation sites is 1. The fraction of sp³-hybridized carbons (Fsp3) is 0.200. The van der Waals surface area contributed by atoms with E-state index in [2.05, 4.69) is 95.0 Å². The number of rotatable bonds is 5. The molecule has 0 N–H and O–H groups in total. The summed E-state index contributed by atoms with van der Waals surface area (Å²) in [7, 11) is 0. The molecule has 0 spiro atoms. The van der Waals surface area contributed by atoms with E-state index in [-0.39, 0.29) is 31.9 Å². The molecule has 1 aliphatic rings. The predicted molar refractivity (Wildman–Crippen MR) is 184 cm³/mol. The van der Waals surface area contributed by atoms with Crippen molar-refractivity contribution in [2.24, 2.45) is 0 Å². The molecular weight excluding hydrogens is 762 g/mol. The van der Waals surface area contributed by atoms with Gasteiger partial charge in [-0.1, -0.05) is 121 Å². The van der Waals surface area contributed by atoms with E-state index in [1.54, 1.807) is 0 Å². The monoisotopic (exact) mass is 797 g/mol. The van der Waals surface area contributed by atoms with Gasteiger partial charge >= 0.3 is 0 Å². The molecule has 0 amide bonds. The Labute approximate surface area is 291 Å². The van der Waals surface area contributed by atoms with Gasteiger partial charge in [-0.3, -0.25) is 0 Å². The van der Waals surface area contributed by atoms with E-state index in [0.717, 1.165) is 45.1 Å². The normalized spacial score (nSPS) is 12.4. The maximum atomic E-state index is 6.51. The van der Waals surface area contributed by atoms with Crippen LogP contribution in [-0.4, -0.2) is 19.7 Å². The number of hydrogen-bond acceptors (Lipinski definition) is 5. The van der Waals surface area contributed by atoms with Gasteiger partial charge in [0, 0.05) is 55.8 Å². The fourth-order valence-corrected chi connectivity index (χ4v) is 5.50. The third kappa shape index (κ3) is 6.61. The molecule has 0 saturated heterocycles. The van der Waals surface area contributed by atoms with Crippen LogP contribution >= 0.6 is 0 Å².